The maximum Gasteiger partial charge on any atom is 0.216 e. The Kier molecular flexibility index (Phi) is 3.59. The standard InChI is InChI=1S/C14H10O2S3/c1-16-14-7-5-12(19-14)11-4-2-9(17-11)8-10-3-6-13(15)18-10/h2-8H,1H3/b10-8-. The molecule has 0 unspecified atom stereocenters. The summed E-state index contributed by atoms with van der Waals surface area (Å²) in [6.45, 7) is 0. The van der Waals surface area contributed by atoms with Gasteiger partial charge in [-0.1, -0.05) is 11.3 Å². The van der Waals surface area contributed by atoms with Gasteiger partial charge in [0.05, 0.1) is 7.11 Å². The van der Waals surface area contributed by atoms with Crippen LogP contribution in [-0.2, 0) is 4.79 Å². The van der Waals surface area contributed by atoms with Gasteiger partial charge in [-0.05, 0) is 54.3 Å². The van der Waals surface area contributed by atoms with Gasteiger partial charge in [-0.15, -0.1) is 11.3 Å². The summed E-state index contributed by atoms with van der Waals surface area (Å²) >= 11 is 4.63. The van der Waals surface area contributed by atoms with Crippen LogP contribution in [0.25, 0.3) is 15.8 Å². The van der Waals surface area contributed by atoms with Crippen LogP contribution in [-0.4, -0.2) is 12.2 Å². The maximum absolute atomic E-state index is 11.1. The summed E-state index contributed by atoms with van der Waals surface area (Å²) in [5.74, 6) is 0. The summed E-state index contributed by atoms with van der Waals surface area (Å²) in [5, 5.41) is 1.02. The third kappa shape index (κ3) is 2.83. The molecule has 0 amide bonds. The highest BCUT2D eigenvalue weighted by molar-refractivity contribution is 8.18. The fraction of sp³-hybridized carbons (Fsp3) is 0.0714. The lowest BCUT2D eigenvalue weighted by Gasteiger charge is -1.91. The molecule has 3 heterocycles. The van der Waals surface area contributed by atoms with Crippen LogP contribution in [0.3, 0.4) is 0 Å². The van der Waals surface area contributed by atoms with E-state index in [2.05, 4.69) is 18.2 Å². The van der Waals surface area contributed by atoms with E-state index in [-0.39, 0.29) is 5.12 Å². The van der Waals surface area contributed by atoms with Crippen LogP contribution in [0.5, 0.6) is 5.06 Å². The Balaban J connectivity index is 1.83. The predicted octanol–water partition coefficient (Wildman–Crippen LogP) is 4.66. The Morgan fingerprint density at radius 2 is 1.84 bits per heavy atom. The minimum absolute atomic E-state index is 0.103. The van der Waals surface area contributed by atoms with Gasteiger partial charge >= 0.3 is 0 Å². The average molecular weight is 306 g/mol. The Morgan fingerprint density at radius 3 is 2.53 bits per heavy atom. The van der Waals surface area contributed by atoms with E-state index in [1.165, 1.54) is 21.5 Å². The van der Waals surface area contributed by atoms with Crippen molar-refractivity contribution < 1.29 is 9.53 Å². The molecule has 1 aliphatic heterocycles. The van der Waals surface area contributed by atoms with E-state index < -0.39 is 0 Å². The summed E-state index contributed by atoms with van der Waals surface area (Å²) in [4.78, 5) is 15.7. The SMILES string of the molecule is COc1ccc(-c2ccc(/C=C3/C=CC(=O)S3)s2)s1. The molecule has 0 atom stereocenters. The number of ether oxygens (including phenoxy) is 1. The Morgan fingerprint density at radius 1 is 1.05 bits per heavy atom. The third-order valence-corrected chi connectivity index (χ3v) is 5.64. The predicted molar refractivity (Wildman–Crippen MR) is 83.9 cm³/mol. The first-order valence-electron chi connectivity index (χ1n) is 5.60. The lowest BCUT2D eigenvalue weighted by Crippen LogP contribution is -1.73. The van der Waals surface area contributed by atoms with Gasteiger partial charge in [-0.3, -0.25) is 4.79 Å². The number of allylic oxidation sites excluding steroid dienone is 1. The van der Waals surface area contributed by atoms with Gasteiger partial charge in [0.15, 0.2) is 5.06 Å². The molecule has 3 rings (SSSR count). The zero-order valence-electron chi connectivity index (χ0n) is 10.1. The third-order valence-electron chi connectivity index (χ3n) is 2.54. The fourth-order valence-electron chi connectivity index (χ4n) is 1.68. The van der Waals surface area contributed by atoms with E-state index in [9.17, 15) is 4.79 Å². The Labute approximate surface area is 123 Å². The van der Waals surface area contributed by atoms with E-state index in [0.29, 0.717) is 0 Å². The van der Waals surface area contributed by atoms with Gasteiger partial charge in [-0.2, -0.15) is 0 Å². The minimum Gasteiger partial charge on any atom is -0.487 e. The van der Waals surface area contributed by atoms with Gasteiger partial charge in [0.1, 0.15) is 0 Å². The summed E-state index contributed by atoms with van der Waals surface area (Å²) in [6.07, 6.45) is 5.51. The largest absolute Gasteiger partial charge is 0.487 e. The molecule has 0 aromatic carbocycles. The summed E-state index contributed by atoms with van der Waals surface area (Å²) in [6, 6.07) is 8.23. The first-order valence-corrected chi connectivity index (χ1v) is 8.05. The van der Waals surface area contributed by atoms with Gasteiger partial charge in [0.2, 0.25) is 5.12 Å². The van der Waals surface area contributed by atoms with Crippen molar-refractivity contribution in [2.75, 3.05) is 7.11 Å². The van der Waals surface area contributed by atoms with E-state index in [0.717, 1.165) is 14.8 Å². The zero-order chi connectivity index (χ0) is 13.2. The molecule has 0 saturated heterocycles. The first kappa shape index (κ1) is 12.7. The molecule has 2 aromatic rings. The quantitative estimate of drug-likeness (QED) is 0.825. The average Bonchev–Trinajstić information content (AvgIpc) is 3.10. The normalized spacial score (nSPS) is 16.5. The molecule has 0 radical (unpaired) electrons. The zero-order valence-corrected chi connectivity index (χ0v) is 12.5. The maximum atomic E-state index is 11.1. The molecule has 0 fully saturated rings. The van der Waals surface area contributed by atoms with Crippen LogP contribution < -0.4 is 4.74 Å². The lowest BCUT2D eigenvalue weighted by molar-refractivity contribution is -0.106. The number of hydrogen-bond donors (Lipinski definition) is 0. The highest BCUT2D eigenvalue weighted by Crippen LogP contribution is 2.38. The number of methoxy groups -OCH3 is 1. The molecule has 0 bridgehead atoms. The van der Waals surface area contributed by atoms with Crippen molar-refractivity contribution in [3.63, 3.8) is 0 Å². The summed E-state index contributed by atoms with van der Waals surface area (Å²) < 4.78 is 5.20. The monoisotopic (exact) mass is 306 g/mol. The second-order valence-electron chi connectivity index (χ2n) is 3.83. The molecular formula is C14H10O2S3. The van der Waals surface area contributed by atoms with Crippen molar-refractivity contribution >= 4 is 45.6 Å². The Bertz CT molecular complexity index is 676. The number of carbonyl (C=O) groups is 1. The van der Waals surface area contributed by atoms with Crippen LogP contribution in [0.15, 0.2) is 41.3 Å². The van der Waals surface area contributed by atoms with Crippen molar-refractivity contribution in [3.05, 3.63) is 46.2 Å². The molecule has 0 spiro atoms. The van der Waals surface area contributed by atoms with Crippen LogP contribution in [0, 0.1) is 0 Å². The van der Waals surface area contributed by atoms with E-state index >= 15 is 0 Å². The smallest absolute Gasteiger partial charge is 0.216 e. The lowest BCUT2D eigenvalue weighted by atomic mass is 10.3. The number of hydrogen-bond acceptors (Lipinski definition) is 5. The molecule has 0 saturated carbocycles. The Hall–Kier alpha value is -1.30. The molecule has 19 heavy (non-hydrogen) atoms. The number of rotatable bonds is 3. The van der Waals surface area contributed by atoms with Crippen LogP contribution in [0.4, 0.5) is 0 Å². The first-order chi connectivity index (χ1) is 9.24. The second-order valence-corrected chi connectivity index (χ2v) is 7.07. The van der Waals surface area contributed by atoms with E-state index in [1.807, 2.05) is 18.2 Å². The second kappa shape index (κ2) is 5.36. The van der Waals surface area contributed by atoms with Crippen LogP contribution >= 0.6 is 34.4 Å². The van der Waals surface area contributed by atoms with Gasteiger partial charge in [-0.25, -0.2) is 0 Å². The van der Waals surface area contributed by atoms with Crippen molar-refractivity contribution in [1.29, 1.82) is 0 Å². The van der Waals surface area contributed by atoms with Gasteiger partial charge in [0, 0.05) is 19.5 Å². The summed E-state index contributed by atoms with van der Waals surface area (Å²) in [7, 11) is 1.68. The van der Waals surface area contributed by atoms with Crippen molar-refractivity contribution in [1.82, 2.24) is 0 Å². The summed E-state index contributed by atoms with van der Waals surface area (Å²) in [5.41, 5.74) is 0. The van der Waals surface area contributed by atoms with E-state index in [4.69, 9.17) is 4.74 Å². The van der Waals surface area contributed by atoms with Crippen molar-refractivity contribution in [2.45, 2.75) is 0 Å². The van der Waals surface area contributed by atoms with Crippen LogP contribution in [0.2, 0.25) is 0 Å². The molecule has 0 aliphatic carbocycles. The molecule has 0 N–H and O–H groups in total. The van der Waals surface area contributed by atoms with Crippen LogP contribution in [0.1, 0.15) is 4.88 Å². The number of carbonyl (C=O) groups excluding carboxylic acids is 1. The van der Waals surface area contributed by atoms with Gasteiger partial charge in [0.25, 0.3) is 0 Å². The molecule has 96 valence electrons. The van der Waals surface area contributed by atoms with E-state index in [1.54, 1.807) is 35.9 Å². The highest BCUT2D eigenvalue weighted by atomic mass is 32.2. The molecule has 2 aromatic heterocycles. The number of thiophene rings is 2. The number of thioether (sulfide) groups is 1. The minimum atomic E-state index is 0.103. The van der Waals surface area contributed by atoms with Crippen molar-refractivity contribution in [2.24, 2.45) is 0 Å². The fourth-order valence-corrected chi connectivity index (χ4v) is 4.31. The van der Waals surface area contributed by atoms with Crippen molar-refractivity contribution in [3.8, 4) is 14.8 Å². The molecule has 1 aliphatic rings. The van der Waals surface area contributed by atoms with Gasteiger partial charge < -0.3 is 4.74 Å². The molecular weight excluding hydrogens is 296 g/mol. The molecule has 2 nitrogen and oxygen atoms in total. The highest BCUT2D eigenvalue weighted by Gasteiger charge is 2.10. The topological polar surface area (TPSA) is 26.3 Å². The molecule has 5 heteroatoms.